The van der Waals surface area contributed by atoms with Crippen LogP contribution in [0.1, 0.15) is 15.5 Å². The Morgan fingerprint density at radius 2 is 1.73 bits per heavy atom. The van der Waals surface area contributed by atoms with E-state index in [1.807, 2.05) is 47.4 Å². The van der Waals surface area contributed by atoms with Gasteiger partial charge in [-0.2, -0.15) is 0 Å². The first-order valence-corrected chi connectivity index (χ1v) is 15.4. The van der Waals surface area contributed by atoms with E-state index in [2.05, 4.69) is 20.1 Å². The summed E-state index contributed by atoms with van der Waals surface area (Å²) in [6, 6.07) is 21.5. The molecule has 0 radical (unpaired) electrons. The molecule has 12 heteroatoms. The molecule has 0 bridgehead atoms. The Balaban J connectivity index is 1.16. The fourth-order valence-electron chi connectivity index (χ4n) is 4.63. The van der Waals surface area contributed by atoms with Gasteiger partial charge < -0.3 is 9.80 Å². The molecule has 1 fully saturated rings. The summed E-state index contributed by atoms with van der Waals surface area (Å²) in [5.74, 6) is 0.393. The number of anilines is 1. The lowest BCUT2D eigenvalue weighted by atomic mass is 10.2. The second-order valence-corrected chi connectivity index (χ2v) is 12.0. The first kappa shape index (κ1) is 27.7. The van der Waals surface area contributed by atoms with Crippen LogP contribution in [0.4, 0.5) is 10.1 Å². The Kier molecular flexibility index (Phi) is 8.25. The van der Waals surface area contributed by atoms with Gasteiger partial charge in [0.1, 0.15) is 16.5 Å². The van der Waals surface area contributed by atoms with Crippen molar-refractivity contribution < 1.29 is 9.18 Å². The summed E-state index contributed by atoms with van der Waals surface area (Å²) >= 11 is 15.4. The number of piperazine rings is 1. The average Bonchev–Trinajstić information content (AvgIpc) is 3.64. The molecule has 1 amide bonds. The maximum Gasteiger partial charge on any atom is 0.273 e. The smallest absolute Gasteiger partial charge is 0.273 e. The van der Waals surface area contributed by atoms with Crippen molar-refractivity contribution >= 4 is 57.9 Å². The molecule has 0 spiro atoms. The molecule has 2 aromatic heterocycles. The summed E-state index contributed by atoms with van der Waals surface area (Å²) in [7, 11) is 0. The zero-order chi connectivity index (χ0) is 28.3. The summed E-state index contributed by atoms with van der Waals surface area (Å²) in [4.78, 5) is 21.9. The number of hydrogen-bond acceptors (Lipinski definition) is 7. The van der Waals surface area contributed by atoms with Crippen LogP contribution in [-0.4, -0.2) is 56.7 Å². The van der Waals surface area contributed by atoms with E-state index in [0.717, 1.165) is 23.8 Å². The minimum atomic E-state index is -0.403. The third-order valence-electron chi connectivity index (χ3n) is 6.68. The molecular formula is C29H23Cl2FN6OS2. The van der Waals surface area contributed by atoms with Gasteiger partial charge >= 0.3 is 0 Å². The predicted octanol–water partition coefficient (Wildman–Crippen LogP) is 7.09. The summed E-state index contributed by atoms with van der Waals surface area (Å²) in [6.07, 6.45) is 0. The van der Waals surface area contributed by atoms with Gasteiger partial charge in [0.25, 0.3) is 5.91 Å². The topological polar surface area (TPSA) is 67.2 Å². The van der Waals surface area contributed by atoms with Gasteiger partial charge in [-0.3, -0.25) is 9.36 Å². The number of benzene rings is 3. The largest absolute Gasteiger partial charge is 0.368 e. The molecule has 0 unspecified atom stereocenters. The van der Waals surface area contributed by atoms with Crippen molar-refractivity contribution in [1.29, 1.82) is 0 Å². The molecule has 3 aromatic carbocycles. The highest BCUT2D eigenvalue weighted by atomic mass is 35.5. The lowest BCUT2D eigenvalue weighted by molar-refractivity contribution is 0.0741. The molecule has 0 aliphatic carbocycles. The maximum atomic E-state index is 14.9. The van der Waals surface area contributed by atoms with Crippen LogP contribution in [0.3, 0.4) is 0 Å². The van der Waals surface area contributed by atoms with E-state index in [1.165, 1.54) is 29.2 Å². The van der Waals surface area contributed by atoms with Crippen molar-refractivity contribution in [2.75, 3.05) is 31.1 Å². The molecule has 0 saturated carbocycles. The predicted molar refractivity (Wildman–Crippen MR) is 163 cm³/mol. The Morgan fingerprint density at radius 3 is 2.51 bits per heavy atom. The fourth-order valence-corrected chi connectivity index (χ4v) is 6.77. The van der Waals surface area contributed by atoms with E-state index in [0.29, 0.717) is 56.8 Å². The highest BCUT2D eigenvalue weighted by Crippen LogP contribution is 2.34. The number of carbonyl (C=O) groups excluding carboxylic acids is 1. The molecule has 0 N–H and O–H groups in total. The zero-order valence-corrected chi connectivity index (χ0v) is 24.7. The Bertz CT molecular complexity index is 1700. The number of thioether (sulfide) groups is 1. The molecule has 0 atom stereocenters. The van der Waals surface area contributed by atoms with E-state index in [-0.39, 0.29) is 5.91 Å². The average molecular weight is 626 g/mol. The van der Waals surface area contributed by atoms with E-state index in [1.54, 1.807) is 34.2 Å². The number of halogens is 3. The van der Waals surface area contributed by atoms with Crippen LogP contribution in [0.5, 0.6) is 0 Å². The molecule has 3 heterocycles. The summed E-state index contributed by atoms with van der Waals surface area (Å²) in [5, 5.41) is 12.9. The minimum absolute atomic E-state index is 0.0845. The van der Waals surface area contributed by atoms with Gasteiger partial charge in [0.05, 0.1) is 16.5 Å². The van der Waals surface area contributed by atoms with Gasteiger partial charge in [-0.05, 0) is 42.5 Å². The van der Waals surface area contributed by atoms with Crippen molar-refractivity contribution in [3.05, 3.63) is 105 Å². The van der Waals surface area contributed by atoms with E-state index in [9.17, 15) is 9.18 Å². The Labute approximate surface area is 254 Å². The van der Waals surface area contributed by atoms with Crippen molar-refractivity contribution in [2.24, 2.45) is 0 Å². The first-order chi connectivity index (χ1) is 20.0. The Morgan fingerprint density at radius 1 is 0.951 bits per heavy atom. The van der Waals surface area contributed by atoms with Crippen molar-refractivity contribution in [1.82, 2.24) is 24.6 Å². The van der Waals surface area contributed by atoms with Gasteiger partial charge in [0, 0.05) is 47.8 Å². The van der Waals surface area contributed by atoms with Crippen LogP contribution in [0.25, 0.3) is 17.1 Å². The molecule has 5 aromatic rings. The molecular weight excluding hydrogens is 602 g/mol. The number of rotatable bonds is 7. The van der Waals surface area contributed by atoms with Gasteiger partial charge in [-0.15, -0.1) is 21.5 Å². The molecule has 1 aliphatic heterocycles. The maximum absolute atomic E-state index is 14.9. The zero-order valence-electron chi connectivity index (χ0n) is 21.6. The molecule has 1 saturated heterocycles. The number of thiazole rings is 1. The third-order valence-corrected chi connectivity index (χ3v) is 9.21. The number of aromatic nitrogens is 4. The second-order valence-electron chi connectivity index (χ2n) is 9.25. The number of carbonyl (C=O) groups is 1. The standard InChI is InChI=1S/C29H23Cl2FN6OS2/c30-19-6-5-7-20(16-19)36-12-14-37(15-13-36)28(39)24-17-40-26(33-24)18-41-29-35-34-27(21-8-1-2-9-22(21)31)38(29)25-11-4-3-10-23(25)32/h1-11,16-17H,12-15,18H2. The SMILES string of the molecule is O=C(c1csc(CSc2nnc(-c3ccccc3Cl)n2-c2ccccc2F)n1)N1CCN(c2cccc(Cl)c2)CC1. The van der Waals surface area contributed by atoms with Gasteiger partial charge in [0.15, 0.2) is 11.0 Å². The highest BCUT2D eigenvalue weighted by Gasteiger charge is 2.25. The lowest BCUT2D eigenvalue weighted by Gasteiger charge is -2.35. The first-order valence-electron chi connectivity index (χ1n) is 12.8. The molecule has 6 rings (SSSR count). The number of nitrogens with zero attached hydrogens (tertiary/aromatic N) is 6. The summed E-state index contributed by atoms with van der Waals surface area (Å²) in [6.45, 7) is 2.64. The van der Waals surface area contributed by atoms with Crippen molar-refractivity contribution in [3.8, 4) is 17.1 Å². The van der Waals surface area contributed by atoms with Gasteiger partial charge in [-0.25, -0.2) is 9.37 Å². The van der Waals surface area contributed by atoms with Gasteiger partial charge in [-0.1, -0.05) is 65.3 Å². The van der Waals surface area contributed by atoms with Crippen LogP contribution in [-0.2, 0) is 5.75 Å². The number of para-hydroxylation sites is 1. The number of amides is 1. The van der Waals surface area contributed by atoms with Crippen molar-refractivity contribution in [2.45, 2.75) is 10.9 Å². The molecule has 208 valence electrons. The number of hydrogen-bond donors (Lipinski definition) is 0. The Hall–Kier alpha value is -3.44. The minimum Gasteiger partial charge on any atom is -0.368 e. The third kappa shape index (κ3) is 5.97. The molecule has 7 nitrogen and oxygen atoms in total. The monoisotopic (exact) mass is 624 g/mol. The van der Waals surface area contributed by atoms with Crippen molar-refractivity contribution in [3.63, 3.8) is 0 Å². The van der Waals surface area contributed by atoms with E-state index < -0.39 is 5.82 Å². The second kappa shape index (κ2) is 12.2. The van der Waals surface area contributed by atoms with Crippen LogP contribution in [0, 0.1) is 5.82 Å². The lowest BCUT2D eigenvalue weighted by Crippen LogP contribution is -2.48. The van der Waals surface area contributed by atoms with Crippen LogP contribution in [0.2, 0.25) is 10.0 Å². The quantitative estimate of drug-likeness (QED) is 0.180. The van der Waals surface area contributed by atoms with E-state index >= 15 is 0 Å². The van der Waals surface area contributed by atoms with Gasteiger partial charge in [0.2, 0.25) is 0 Å². The highest BCUT2D eigenvalue weighted by molar-refractivity contribution is 7.98. The van der Waals surface area contributed by atoms with Crippen LogP contribution in [0.15, 0.2) is 83.3 Å². The fraction of sp³-hybridized carbons (Fsp3) is 0.172. The van der Waals surface area contributed by atoms with E-state index in [4.69, 9.17) is 23.2 Å². The molecule has 1 aliphatic rings. The normalized spacial score (nSPS) is 13.5. The van der Waals surface area contributed by atoms with Crippen LogP contribution < -0.4 is 4.90 Å². The summed E-state index contributed by atoms with van der Waals surface area (Å²) < 4.78 is 16.6. The summed E-state index contributed by atoms with van der Waals surface area (Å²) in [5.41, 5.74) is 2.45. The molecule has 41 heavy (non-hydrogen) atoms. The van der Waals surface area contributed by atoms with Crippen LogP contribution >= 0.6 is 46.3 Å².